The van der Waals surface area contributed by atoms with Crippen LogP contribution in [-0.4, -0.2) is 0 Å². The maximum atomic E-state index is 13.5. The van der Waals surface area contributed by atoms with Crippen LogP contribution in [0, 0.1) is 11.6 Å². The number of rotatable bonds is 9. The van der Waals surface area contributed by atoms with Crippen molar-refractivity contribution in [3.63, 3.8) is 0 Å². The molecule has 0 aliphatic rings. The molecule has 1 rings (SSSR count). The van der Waals surface area contributed by atoms with Crippen LogP contribution >= 0.6 is 11.6 Å². The zero-order valence-electron chi connectivity index (χ0n) is 11.6. The highest BCUT2D eigenvalue weighted by Gasteiger charge is 2.13. The SMILES string of the molecule is CCCCCCCCCC(Cl)c1cc(F)ccc1F. The fraction of sp³-hybridized carbons (Fsp3) is 0.625. The molecule has 1 unspecified atom stereocenters. The highest BCUT2D eigenvalue weighted by atomic mass is 35.5. The van der Waals surface area contributed by atoms with E-state index in [4.69, 9.17) is 11.6 Å². The predicted molar refractivity (Wildman–Crippen MR) is 77.6 cm³/mol. The molecule has 0 aromatic heterocycles. The zero-order valence-corrected chi connectivity index (χ0v) is 12.4. The lowest BCUT2D eigenvalue weighted by Gasteiger charge is -2.11. The van der Waals surface area contributed by atoms with Gasteiger partial charge in [-0.3, -0.25) is 0 Å². The molecule has 3 heteroatoms. The monoisotopic (exact) mass is 288 g/mol. The van der Waals surface area contributed by atoms with Crippen LogP contribution in [0.2, 0.25) is 0 Å². The molecule has 0 spiro atoms. The topological polar surface area (TPSA) is 0 Å². The van der Waals surface area contributed by atoms with Crippen molar-refractivity contribution in [3.8, 4) is 0 Å². The lowest BCUT2D eigenvalue weighted by atomic mass is 10.0. The lowest BCUT2D eigenvalue weighted by molar-refractivity contribution is 0.552. The fourth-order valence-corrected chi connectivity index (χ4v) is 2.51. The van der Waals surface area contributed by atoms with E-state index in [0.29, 0.717) is 6.42 Å². The van der Waals surface area contributed by atoms with Gasteiger partial charge in [-0.25, -0.2) is 8.78 Å². The van der Waals surface area contributed by atoms with Gasteiger partial charge in [-0.2, -0.15) is 0 Å². The standard InChI is InChI=1S/C16H23ClF2/c1-2-3-4-5-6-7-8-9-15(17)14-12-13(18)10-11-16(14)19/h10-12,15H,2-9H2,1H3. The Morgan fingerprint density at radius 1 is 1.00 bits per heavy atom. The van der Waals surface area contributed by atoms with Crippen molar-refractivity contribution >= 4 is 11.6 Å². The second kappa shape index (κ2) is 9.30. The van der Waals surface area contributed by atoms with E-state index in [1.54, 1.807) is 0 Å². The number of benzene rings is 1. The number of hydrogen-bond donors (Lipinski definition) is 0. The van der Waals surface area contributed by atoms with Crippen LogP contribution in [0.4, 0.5) is 8.78 Å². The van der Waals surface area contributed by atoms with Crippen molar-refractivity contribution in [1.29, 1.82) is 0 Å². The summed E-state index contributed by atoms with van der Waals surface area (Å²) in [5, 5.41) is -0.425. The van der Waals surface area contributed by atoms with Crippen molar-refractivity contribution in [2.24, 2.45) is 0 Å². The molecular formula is C16H23ClF2. The van der Waals surface area contributed by atoms with Crippen molar-refractivity contribution < 1.29 is 8.78 Å². The first-order valence-corrected chi connectivity index (χ1v) is 7.67. The molecule has 0 aliphatic carbocycles. The fourth-order valence-electron chi connectivity index (χ4n) is 2.19. The summed E-state index contributed by atoms with van der Waals surface area (Å²) in [6.45, 7) is 2.20. The quantitative estimate of drug-likeness (QED) is 0.365. The van der Waals surface area contributed by atoms with Crippen molar-refractivity contribution in [3.05, 3.63) is 35.4 Å². The van der Waals surface area contributed by atoms with E-state index in [0.717, 1.165) is 25.0 Å². The predicted octanol–water partition coefficient (Wildman–Crippen LogP) is 6.39. The van der Waals surface area contributed by atoms with Gasteiger partial charge in [-0.1, -0.05) is 51.9 Å². The second-order valence-electron chi connectivity index (χ2n) is 5.04. The molecule has 1 atom stereocenters. The largest absolute Gasteiger partial charge is 0.207 e. The van der Waals surface area contributed by atoms with Crippen LogP contribution in [0.5, 0.6) is 0 Å². The summed E-state index contributed by atoms with van der Waals surface area (Å²) < 4.78 is 26.5. The molecule has 0 aliphatic heterocycles. The smallest absolute Gasteiger partial charge is 0.128 e. The van der Waals surface area contributed by atoms with Crippen LogP contribution in [0.25, 0.3) is 0 Å². The van der Waals surface area contributed by atoms with Gasteiger partial charge in [0.25, 0.3) is 0 Å². The van der Waals surface area contributed by atoms with Crippen LogP contribution in [0.15, 0.2) is 18.2 Å². The molecule has 0 nitrogen and oxygen atoms in total. The molecule has 0 saturated heterocycles. The number of halogens is 3. The summed E-state index contributed by atoms with van der Waals surface area (Å²) in [5.41, 5.74) is 0.285. The number of alkyl halides is 1. The molecule has 1 aromatic carbocycles. The van der Waals surface area contributed by atoms with E-state index in [-0.39, 0.29) is 5.56 Å². The van der Waals surface area contributed by atoms with Gasteiger partial charge >= 0.3 is 0 Å². The van der Waals surface area contributed by atoms with Gasteiger partial charge in [0.2, 0.25) is 0 Å². The van der Waals surface area contributed by atoms with E-state index in [2.05, 4.69) is 6.92 Å². The first-order valence-electron chi connectivity index (χ1n) is 7.24. The summed E-state index contributed by atoms with van der Waals surface area (Å²) >= 11 is 6.14. The Morgan fingerprint density at radius 3 is 2.32 bits per heavy atom. The summed E-state index contributed by atoms with van der Waals surface area (Å²) in [4.78, 5) is 0. The van der Waals surface area contributed by atoms with Gasteiger partial charge in [0.1, 0.15) is 11.6 Å². The molecule has 0 N–H and O–H groups in total. The molecular weight excluding hydrogens is 266 g/mol. The van der Waals surface area contributed by atoms with E-state index < -0.39 is 17.0 Å². The molecule has 0 fully saturated rings. The minimum absolute atomic E-state index is 0.285. The molecule has 0 bridgehead atoms. The third-order valence-electron chi connectivity index (χ3n) is 3.36. The maximum absolute atomic E-state index is 13.5. The van der Waals surface area contributed by atoms with Crippen LogP contribution in [0.1, 0.15) is 69.2 Å². The van der Waals surface area contributed by atoms with E-state index in [9.17, 15) is 8.78 Å². The van der Waals surface area contributed by atoms with Gasteiger partial charge in [-0.15, -0.1) is 11.6 Å². The maximum Gasteiger partial charge on any atom is 0.128 e. The Bertz CT molecular complexity index is 366. The first kappa shape index (κ1) is 16.4. The molecule has 0 saturated carbocycles. The Morgan fingerprint density at radius 2 is 1.63 bits per heavy atom. The Hall–Kier alpha value is -0.630. The minimum Gasteiger partial charge on any atom is -0.207 e. The van der Waals surface area contributed by atoms with Gasteiger partial charge in [0.15, 0.2) is 0 Å². The van der Waals surface area contributed by atoms with Crippen LogP contribution in [-0.2, 0) is 0 Å². The first-order chi connectivity index (χ1) is 9.15. The average molecular weight is 289 g/mol. The molecule has 0 heterocycles. The molecule has 1 aromatic rings. The summed E-state index contributed by atoms with van der Waals surface area (Å²) in [6.07, 6.45) is 9.09. The van der Waals surface area contributed by atoms with Gasteiger partial charge in [0, 0.05) is 5.56 Å². The van der Waals surface area contributed by atoms with Gasteiger partial charge < -0.3 is 0 Å². The molecule has 108 valence electrons. The highest BCUT2D eigenvalue weighted by Crippen LogP contribution is 2.29. The van der Waals surface area contributed by atoms with Crippen LogP contribution in [0.3, 0.4) is 0 Å². The Balaban J connectivity index is 2.23. The molecule has 19 heavy (non-hydrogen) atoms. The normalized spacial score (nSPS) is 12.6. The Kier molecular flexibility index (Phi) is 8.04. The molecule has 0 radical (unpaired) electrons. The van der Waals surface area contributed by atoms with Gasteiger partial charge in [0.05, 0.1) is 5.38 Å². The van der Waals surface area contributed by atoms with Crippen molar-refractivity contribution in [2.45, 2.75) is 63.7 Å². The second-order valence-corrected chi connectivity index (χ2v) is 5.57. The summed E-state index contributed by atoms with van der Waals surface area (Å²) in [5.74, 6) is -0.842. The third-order valence-corrected chi connectivity index (χ3v) is 3.81. The summed E-state index contributed by atoms with van der Waals surface area (Å²) in [7, 11) is 0. The highest BCUT2D eigenvalue weighted by molar-refractivity contribution is 6.20. The van der Waals surface area contributed by atoms with Crippen LogP contribution < -0.4 is 0 Å². The zero-order chi connectivity index (χ0) is 14.1. The minimum atomic E-state index is -0.429. The van der Waals surface area contributed by atoms with E-state index in [1.165, 1.54) is 38.2 Å². The molecule has 0 amide bonds. The number of hydrogen-bond acceptors (Lipinski definition) is 0. The van der Waals surface area contributed by atoms with E-state index >= 15 is 0 Å². The third kappa shape index (κ3) is 6.38. The number of unbranched alkanes of at least 4 members (excludes halogenated alkanes) is 6. The Labute approximate surface area is 120 Å². The lowest BCUT2D eigenvalue weighted by Crippen LogP contribution is -1.96. The average Bonchev–Trinajstić information content (AvgIpc) is 2.40. The summed E-state index contributed by atoms with van der Waals surface area (Å²) in [6, 6.07) is 3.47. The van der Waals surface area contributed by atoms with E-state index in [1.807, 2.05) is 0 Å². The van der Waals surface area contributed by atoms with Crippen molar-refractivity contribution in [2.75, 3.05) is 0 Å². The van der Waals surface area contributed by atoms with Crippen molar-refractivity contribution in [1.82, 2.24) is 0 Å². The van der Waals surface area contributed by atoms with Gasteiger partial charge in [-0.05, 0) is 24.6 Å².